The summed E-state index contributed by atoms with van der Waals surface area (Å²) >= 11 is 0. The van der Waals surface area contributed by atoms with Gasteiger partial charge in [-0.05, 0) is 69.8 Å². The second-order valence-corrected chi connectivity index (χ2v) is 10.8. The van der Waals surface area contributed by atoms with Crippen molar-refractivity contribution in [2.24, 2.45) is 23.0 Å². The fourth-order valence-electron chi connectivity index (χ4n) is 5.62. The normalized spacial score (nSPS) is 33.6. The molecule has 2 bridgehead atoms. The molecular weight excluding hydrogens is 363 g/mol. The zero-order valence-corrected chi connectivity index (χ0v) is 18.6. The van der Waals surface area contributed by atoms with Crippen LogP contribution < -0.4 is 11.1 Å². The third-order valence-corrected chi connectivity index (χ3v) is 7.78. The number of aryl methyl sites for hydroxylation is 1. The van der Waals surface area contributed by atoms with Crippen molar-refractivity contribution in [1.29, 1.82) is 0 Å². The topological polar surface area (TPSA) is 73.6 Å². The van der Waals surface area contributed by atoms with Crippen molar-refractivity contribution < 1.29 is 14.1 Å². The van der Waals surface area contributed by atoms with Crippen LogP contribution in [0, 0.1) is 24.2 Å². The third-order valence-electron chi connectivity index (χ3n) is 7.78. The molecule has 0 radical (unpaired) electrons. The maximum absolute atomic E-state index is 12.7. The summed E-state index contributed by atoms with van der Waals surface area (Å²) in [7, 11) is -0.465. The summed E-state index contributed by atoms with van der Waals surface area (Å²) in [6.45, 7) is 12.4. The monoisotopic (exact) mass is 398 g/mol. The van der Waals surface area contributed by atoms with Gasteiger partial charge in [0.25, 0.3) is 0 Å². The Morgan fingerprint density at radius 2 is 1.93 bits per heavy atom. The SMILES string of the molecule is Cc1ccc(C[C@H](NC(=O)C(C)(C)N)B2O[C@@H]3C[C@@H]4C[C@@H](C4(C)C)[C@]3(C)O2)cc1. The highest BCUT2D eigenvalue weighted by atomic mass is 16.7. The lowest BCUT2D eigenvalue weighted by atomic mass is 9.43. The minimum Gasteiger partial charge on any atom is -0.404 e. The predicted octanol–water partition coefficient (Wildman–Crippen LogP) is 3.03. The fourth-order valence-corrected chi connectivity index (χ4v) is 5.62. The van der Waals surface area contributed by atoms with Crippen LogP contribution in [-0.2, 0) is 20.5 Å². The Morgan fingerprint density at radius 3 is 2.52 bits per heavy atom. The number of carbonyl (C=O) groups is 1. The lowest BCUT2D eigenvalue weighted by Gasteiger charge is -2.64. The van der Waals surface area contributed by atoms with Crippen molar-refractivity contribution in [1.82, 2.24) is 5.32 Å². The fraction of sp³-hybridized carbons (Fsp3) is 0.696. The van der Waals surface area contributed by atoms with E-state index in [-0.39, 0.29) is 23.6 Å². The molecular formula is C23H35BN2O3. The Hall–Kier alpha value is -1.37. The lowest BCUT2D eigenvalue weighted by Crippen LogP contribution is -2.65. The summed E-state index contributed by atoms with van der Waals surface area (Å²) in [4.78, 5) is 12.7. The predicted molar refractivity (Wildman–Crippen MR) is 115 cm³/mol. The first-order chi connectivity index (χ1) is 13.4. The van der Waals surface area contributed by atoms with Gasteiger partial charge in [0.05, 0.1) is 23.2 Å². The van der Waals surface area contributed by atoms with Gasteiger partial charge in [0, 0.05) is 0 Å². The Bertz CT molecular complexity index is 788. The number of nitrogens with two attached hydrogens (primary N) is 1. The Kier molecular flexibility index (Phi) is 4.92. The molecule has 29 heavy (non-hydrogen) atoms. The van der Waals surface area contributed by atoms with Gasteiger partial charge in [-0.15, -0.1) is 0 Å². The Balaban J connectivity index is 1.56. The number of benzene rings is 1. The van der Waals surface area contributed by atoms with Gasteiger partial charge >= 0.3 is 7.12 Å². The van der Waals surface area contributed by atoms with Crippen molar-refractivity contribution in [2.75, 3.05) is 0 Å². The molecule has 4 fully saturated rings. The zero-order valence-electron chi connectivity index (χ0n) is 18.6. The maximum atomic E-state index is 12.7. The quantitative estimate of drug-likeness (QED) is 0.748. The first kappa shape index (κ1) is 20.9. The van der Waals surface area contributed by atoms with E-state index in [9.17, 15) is 4.79 Å². The average Bonchev–Trinajstić information content (AvgIpc) is 2.98. The van der Waals surface area contributed by atoms with Gasteiger partial charge < -0.3 is 20.4 Å². The summed E-state index contributed by atoms with van der Waals surface area (Å²) in [5.41, 5.74) is 7.45. The van der Waals surface area contributed by atoms with E-state index in [1.807, 2.05) is 0 Å². The van der Waals surface area contributed by atoms with E-state index in [0.29, 0.717) is 23.7 Å². The molecule has 3 aliphatic carbocycles. The van der Waals surface area contributed by atoms with Crippen molar-refractivity contribution in [3.8, 4) is 0 Å². The number of rotatable bonds is 5. The average molecular weight is 398 g/mol. The minimum atomic E-state index is -0.954. The van der Waals surface area contributed by atoms with E-state index in [0.717, 1.165) is 12.0 Å². The molecule has 4 aliphatic rings. The molecule has 0 unspecified atom stereocenters. The maximum Gasteiger partial charge on any atom is 0.482 e. The second kappa shape index (κ2) is 6.83. The highest BCUT2D eigenvalue weighted by molar-refractivity contribution is 6.48. The molecule has 5 atom stereocenters. The van der Waals surface area contributed by atoms with Gasteiger partial charge in [0.1, 0.15) is 0 Å². The van der Waals surface area contributed by atoms with Crippen LogP contribution in [0.25, 0.3) is 0 Å². The van der Waals surface area contributed by atoms with Crippen LogP contribution in [0.5, 0.6) is 0 Å². The molecule has 0 spiro atoms. The molecule has 5 rings (SSSR count). The van der Waals surface area contributed by atoms with Gasteiger partial charge in [-0.2, -0.15) is 0 Å². The van der Waals surface area contributed by atoms with Crippen LogP contribution in [0.15, 0.2) is 24.3 Å². The first-order valence-corrected chi connectivity index (χ1v) is 10.9. The van der Waals surface area contributed by atoms with Crippen molar-refractivity contribution >= 4 is 13.0 Å². The van der Waals surface area contributed by atoms with Crippen LogP contribution in [-0.4, -0.2) is 36.2 Å². The van der Waals surface area contributed by atoms with Gasteiger partial charge in [-0.1, -0.05) is 43.7 Å². The smallest absolute Gasteiger partial charge is 0.404 e. The molecule has 1 amide bonds. The first-order valence-electron chi connectivity index (χ1n) is 10.9. The van der Waals surface area contributed by atoms with E-state index in [1.165, 1.54) is 12.0 Å². The molecule has 1 aromatic carbocycles. The summed E-state index contributed by atoms with van der Waals surface area (Å²) < 4.78 is 13.1. The minimum absolute atomic E-state index is 0.0904. The van der Waals surface area contributed by atoms with Crippen molar-refractivity contribution in [2.45, 2.75) is 84.0 Å². The van der Waals surface area contributed by atoms with Gasteiger partial charge in [-0.3, -0.25) is 4.79 Å². The van der Waals surface area contributed by atoms with Gasteiger partial charge in [0.15, 0.2) is 0 Å². The Labute approximate surface area is 175 Å². The van der Waals surface area contributed by atoms with Crippen LogP contribution in [0.4, 0.5) is 0 Å². The number of carbonyl (C=O) groups excluding carboxylic acids is 1. The van der Waals surface area contributed by atoms with E-state index < -0.39 is 12.7 Å². The summed E-state index contributed by atoms with van der Waals surface area (Å²) in [5.74, 6) is 0.716. The van der Waals surface area contributed by atoms with Gasteiger partial charge in [0.2, 0.25) is 5.91 Å². The molecule has 6 heteroatoms. The molecule has 5 nitrogen and oxygen atoms in total. The number of hydrogen-bond donors (Lipinski definition) is 2. The highest BCUT2D eigenvalue weighted by Gasteiger charge is 2.68. The van der Waals surface area contributed by atoms with E-state index in [1.54, 1.807) is 13.8 Å². The third kappa shape index (κ3) is 3.53. The van der Waals surface area contributed by atoms with E-state index in [4.69, 9.17) is 15.0 Å². The summed E-state index contributed by atoms with van der Waals surface area (Å²) in [6, 6.07) is 8.39. The van der Waals surface area contributed by atoms with Crippen molar-refractivity contribution in [3.63, 3.8) is 0 Å². The Morgan fingerprint density at radius 1 is 1.28 bits per heavy atom. The zero-order chi connectivity index (χ0) is 21.2. The highest BCUT2D eigenvalue weighted by Crippen LogP contribution is 2.65. The molecule has 1 aliphatic heterocycles. The lowest BCUT2D eigenvalue weighted by molar-refractivity contribution is -0.199. The second-order valence-electron chi connectivity index (χ2n) is 10.8. The number of hydrogen-bond acceptors (Lipinski definition) is 4. The van der Waals surface area contributed by atoms with E-state index >= 15 is 0 Å². The summed E-state index contributed by atoms with van der Waals surface area (Å²) in [5, 5.41) is 3.12. The van der Waals surface area contributed by atoms with Gasteiger partial charge in [-0.25, -0.2) is 0 Å². The van der Waals surface area contributed by atoms with Crippen LogP contribution in [0.3, 0.4) is 0 Å². The number of nitrogens with one attached hydrogen (secondary N) is 1. The molecule has 3 N–H and O–H groups in total. The number of amides is 1. The molecule has 0 aromatic heterocycles. The molecule has 3 saturated carbocycles. The van der Waals surface area contributed by atoms with Crippen LogP contribution in [0.2, 0.25) is 0 Å². The molecule has 1 heterocycles. The van der Waals surface area contributed by atoms with Crippen LogP contribution >= 0.6 is 0 Å². The molecule has 158 valence electrons. The summed E-state index contributed by atoms with van der Waals surface area (Å²) in [6.07, 6.45) is 2.98. The standard InChI is InChI=1S/C23H35BN2O3/c1-14-7-9-15(10-8-14)11-19(26-20(27)22(4,5)25)24-28-18-13-16-12-17(21(16,2)3)23(18,6)29-24/h7-10,16-19H,11-13,25H2,1-6H3,(H,26,27)/t16-,17-,18+,19-,23-/m0/s1. The van der Waals surface area contributed by atoms with E-state index in [2.05, 4.69) is 57.3 Å². The van der Waals surface area contributed by atoms with Crippen molar-refractivity contribution in [3.05, 3.63) is 35.4 Å². The largest absolute Gasteiger partial charge is 0.482 e. The van der Waals surface area contributed by atoms with Crippen LogP contribution in [0.1, 0.15) is 58.6 Å². The molecule has 1 saturated heterocycles. The molecule has 1 aromatic rings.